The molecule has 0 aliphatic rings. The quantitative estimate of drug-likeness (QED) is 0.505. The molecular formula is C19H20N6+2. The van der Waals surface area contributed by atoms with Crippen LogP contribution in [0.25, 0.3) is 11.6 Å². The van der Waals surface area contributed by atoms with Crippen molar-refractivity contribution >= 4 is 0 Å². The minimum Gasteiger partial charge on any atom is -0.236 e. The van der Waals surface area contributed by atoms with Gasteiger partial charge in [0.25, 0.3) is 0 Å². The summed E-state index contributed by atoms with van der Waals surface area (Å²) >= 11 is 0. The summed E-state index contributed by atoms with van der Waals surface area (Å²) in [6, 6.07) is 11.8. The first-order valence-corrected chi connectivity index (χ1v) is 8.35. The number of aromatic nitrogens is 6. The van der Waals surface area contributed by atoms with E-state index in [1.807, 2.05) is 70.3 Å². The Hall–Kier alpha value is -3.28. The van der Waals surface area contributed by atoms with Crippen LogP contribution in [-0.2, 0) is 13.1 Å². The lowest BCUT2D eigenvalue weighted by molar-refractivity contribution is -0.726. The van der Waals surface area contributed by atoms with Gasteiger partial charge in [-0.2, -0.15) is 9.13 Å². The average Bonchev–Trinajstić information content (AvgIpc) is 3.33. The Morgan fingerprint density at radius 3 is 1.68 bits per heavy atom. The van der Waals surface area contributed by atoms with Gasteiger partial charge in [0.15, 0.2) is 0 Å². The fourth-order valence-electron chi connectivity index (χ4n) is 2.77. The Morgan fingerprint density at radius 2 is 1.24 bits per heavy atom. The molecule has 4 rings (SSSR count). The van der Waals surface area contributed by atoms with E-state index in [4.69, 9.17) is 0 Å². The number of aryl methyl sites for hydroxylation is 2. The zero-order valence-corrected chi connectivity index (χ0v) is 13.9. The van der Waals surface area contributed by atoms with Gasteiger partial charge in [0.2, 0.25) is 24.3 Å². The van der Waals surface area contributed by atoms with Crippen LogP contribution in [0.15, 0.2) is 86.2 Å². The van der Waals surface area contributed by atoms with Crippen LogP contribution in [0.3, 0.4) is 0 Å². The highest BCUT2D eigenvalue weighted by Crippen LogP contribution is 2.01. The van der Waals surface area contributed by atoms with Gasteiger partial charge in [-0.05, 0) is 12.1 Å². The maximum Gasteiger partial charge on any atom is 0.250 e. The zero-order chi connectivity index (χ0) is 16.9. The molecule has 0 amide bonds. The first kappa shape index (κ1) is 15.3. The van der Waals surface area contributed by atoms with Gasteiger partial charge in [0.05, 0.1) is 13.1 Å². The van der Waals surface area contributed by atoms with Crippen molar-refractivity contribution in [2.24, 2.45) is 0 Å². The van der Waals surface area contributed by atoms with E-state index >= 15 is 0 Å². The number of rotatable bonds is 6. The van der Waals surface area contributed by atoms with Crippen molar-refractivity contribution in [1.29, 1.82) is 0 Å². The number of hydrogen-bond donors (Lipinski definition) is 0. The SMILES string of the molecule is c1ccc(-n2cc[n+](CCC[n+]3ccn(-c4ccccn4)c3)c2)nc1. The van der Waals surface area contributed by atoms with E-state index in [9.17, 15) is 0 Å². The molecule has 0 aliphatic heterocycles. The molecule has 25 heavy (non-hydrogen) atoms. The predicted molar refractivity (Wildman–Crippen MR) is 92.1 cm³/mol. The molecule has 0 radical (unpaired) electrons. The summed E-state index contributed by atoms with van der Waals surface area (Å²) in [5.74, 6) is 1.87. The Kier molecular flexibility index (Phi) is 4.33. The minimum absolute atomic E-state index is 0.933. The largest absolute Gasteiger partial charge is 0.250 e. The van der Waals surface area contributed by atoms with Crippen LogP contribution in [0.2, 0.25) is 0 Å². The van der Waals surface area contributed by atoms with E-state index in [1.165, 1.54) is 0 Å². The number of nitrogens with zero attached hydrogens (tertiary/aromatic N) is 6. The number of hydrogen-bond acceptors (Lipinski definition) is 2. The van der Waals surface area contributed by atoms with Crippen LogP contribution in [0.4, 0.5) is 0 Å². The summed E-state index contributed by atoms with van der Waals surface area (Å²) in [4.78, 5) is 8.72. The molecule has 0 saturated heterocycles. The van der Waals surface area contributed by atoms with Crippen molar-refractivity contribution in [3.63, 3.8) is 0 Å². The topological polar surface area (TPSA) is 43.4 Å². The van der Waals surface area contributed by atoms with Gasteiger partial charge in [-0.15, -0.1) is 0 Å². The molecule has 0 spiro atoms. The van der Waals surface area contributed by atoms with Crippen molar-refractivity contribution in [2.45, 2.75) is 19.5 Å². The smallest absolute Gasteiger partial charge is 0.236 e. The summed E-state index contributed by atoms with van der Waals surface area (Å²) in [6.07, 6.45) is 17.0. The Morgan fingerprint density at radius 1 is 0.720 bits per heavy atom. The highest BCUT2D eigenvalue weighted by atomic mass is 15.2. The fourth-order valence-corrected chi connectivity index (χ4v) is 2.77. The highest BCUT2D eigenvalue weighted by Gasteiger charge is 2.09. The molecule has 0 aliphatic carbocycles. The van der Waals surface area contributed by atoms with Crippen molar-refractivity contribution < 1.29 is 9.13 Å². The molecule has 0 bridgehead atoms. The summed E-state index contributed by atoms with van der Waals surface area (Å²) in [5.41, 5.74) is 0. The molecule has 0 saturated carbocycles. The lowest BCUT2D eigenvalue weighted by atomic mass is 10.4. The second-order valence-corrected chi connectivity index (χ2v) is 5.85. The maximum atomic E-state index is 4.36. The molecule has 4 heterocycles. The van der Waals surface area contributed by atoms with Gasteiger partial charge in [0.1, 0.15) is 24.8 Å². The Bertz CT molecular complexity index is 849. The van der Waals surface area contributed by atoms with Crippen LogP contribution in [-0.4, -0.2) is 19.1 Å². The molecular weight excluding hydrogens is 312 g/mol. The second kappa shape index (κ2) is 7.09. The third kappa shape index (κ3) is 3.63. The van der Waals surface area contributed by atoms with Crippen LogP contribution < -0.4 is 9.13 Å². The summed E-state index contributed by atoms with van der Waals surface area (Å²) < 4.78 is 8.44. The van der Waals surface area contributed by atoms with Crippen molar-refractivity contribution in [1.82, 2.24) is 19.1 Å². The van der Waals surface area contributed by atoms with Gasteiger partial charge >= 0.3 is 0 Å². The molecule has 4 aromatic rings. The van der Waals surface area contributed by atoms with Crippen molar-refractivity contribution in [2.75, 3.05) is 0 Å². The van der Waals surface area contributed by atoms with Crippen LogP contribution in [0.5, 0.6) is 0 Å². The molecule has 0 atom stereocenters. The van der Waals surface area contributed by atoms with E-state index in [2.05, 4.69) is 44.2 Å². The molecule has 0 unspecified atom stereocenters. The van der Waals surface area contributed by atoms with E-state index in [1.54, 1.807) is 0 Å². The second-order valence-electron chi connectivity index (χ2n) is 5.85. The standard InChI is InChI=1S/C19H20N6/c1-3-8-20-18(6-1)24-14-12-22(16-24)10-5-11-23-13-15-25(17-23)19-7-2-4-9-21-19/h1-4,6-9,12-17H,5,10-11H2/q+2. The van der Waals surface area contributed by atoms with Crippen LogP contribution in [0.1, 0.15) is 6.42 Å². The summed E-state index contributed by atoms with van der Waals surface area (Å²) in [6.45, 7) is 1.92. The molecule has 0 aromatic carbocycles. The van der Waals surface area contributed by atoms with E-state index in [0.717, 1.165) is 31.1 Å². The molecule has 4 aromatic heterocycles. The number of imidazole rings is 2. The van der Waals surface area contributed by atoms with Gasteiger partial charge in [-0.25, -0.2) is 19.1 Å². The highest BCUT2D eigenvalue weighted by molar-refractivity contribution is 5.20. The molecule has 0 N–H and O–H groups in total. The van der Waals surface area contributed by atoms with Gasteiger partial charge in [-0.1, -0.05) is 12.1 Å². The van der Waals surface area contributed by atoms with Crippen LogP contribution in [0, 0.1) is 0 Å². The summed E-state index contributed by atoms with van der Waals surface area (Å²) in [7, 11) is 0. The normalized spacial score (nSPS) is 10.9. The predicted octanol–water partition coefficient (Wildman–Crippen LogP) is 1.72. The monoisotopic (exact) mass is 332 g/mol. The van der Waals surface area contributed by atoms with Crippen LogP contribution >= 0.6 is 0 Å². The Labute approximate surface area is 146 Å². The minimum atomic E-state index is 0.933. The van der Waals surface area contributed by atoms with Crippen molar-refractivity contribution in [3.8, 4) is 11.6 Å². The van der Waals surface area contributed by atoms with E-state index in [0.29, 0.717) is 0 Å². The first-order chi connectivity index (χ1) is 12.4. The third-order valence-electron chi connectivity index (χ3n) is 4.04. The van der Waals surface area contributed by atoms with E-state index < -0.39 is 0 Å². The molecule has 124 valence electrons. The maximum absolute atomic E-state index is 4.36. The average molecular weight is 332 g/mol. The van der Waals surface area contributed by atoms with Gasteiger partial charge in [0, 0.05) is 30.9 Å². The lowest BCUT2D eigenvalue weighted by Crippen LogP contribution is -2.37. The molecule has 6 nitrogen and oxygen atoms in total. The Balaban J connectivity index is 1.34. The van der Waals surface area contributed by atoms with E-state index in [-0.39, 0.29) is 0 Å². The fraction of sp³-hybridized carbons (Fsp3) is 0.158. The van der Waals surface area contributed by atoms with Crippen molar-refractivity contribution in [3.05, 3.63) is 86.2 Å². The molecule has 0 fully saturated rings. The molecule has 6 heteroatoms. The summed E-state index contributed by atoms with van der Waals surface area (Å²) in [5, 5.41) is 0. The van der Waals surface area contributed by atoms with Gasteiger partial charge in [-0.3, -0.25) is 0 Å². The number of pyridine rings is 2. The third-order valence-corrected chi connectivity index (χ3v) is 4.04. The lowest BCUT2D eigenvalue weighted by Gasteiger charge is -1.96. The first-order valence-electron chi connectivity index (χ1n) is 8.35. The zero-order valence-electron chi connectivity index (χ0n) is 13.9. The van der Waals surface area contributed by atoms with Gasteiger partial charge < -0.3 is 0 Å².